The largest absolute Gasteiger partial charge is 0.496 e. The van der Waals surface area contributed by atoms with Crippen molar-refractivity contribution in [3.8, 4) is 11.5 Å². The Labute approximate surface area is 89.6 Å². The molecule has 15 heavy (non-hydrogen) atoms. The Kier molecular flexibility index (Phi) is 4.46. The maximum Gasteiger partial charge on any atom is 0.496 e. The SMILES string of the molecule is CCOc1cccc(OCC)c1B(O)O. The zero-order valence-electron chi connectivity index (χ0n) is 8.93. The van der Waals surface area contributed by atoms with Crippen LogP contribution in [0.2, 0.25) is 0 Å². The molecule has 0 heterocycles. The van der Waals surface area contributed by atoms with Gasteiger partial charge in [-0.05, 0) is 26.0 Å². The molecule has 0 saturated carbocycles. The van der Waals surface area contributed by atoms with Crippen LogP contribution in [0.25, 0.3) is 0 Å². The molecule has 0 aliphatic rings. The van der Waals surface area contributed by atoms with Gasteiger partial charge in [-0.15, -0.1) is 0 Å². The second-order valence-corrected chi connectivity index (χ2v) is 2.91. The molecule has 1 aromatic rings. The molecule has 0 saturated heterocycles. The van der Waals surface area contributed by atoms with E-state index in [0.717, 1.165) is 0 Å². The summed E-state index contributed by atoms with van der Waals surface area (Å²) in [6, 6.07) is 5.11. The van der Waals surface area contributed by atoms with Crippen molar-refractivity contribution in [3.63, 3.8) is 0 Å². The first-order chi connectivity index (χ1) is 7.20. The number of rotatable bonds is 5. The molecule has 1 aromatic carbocycles. The predicted octanol–water partition coefficient (Wildman–Crippen LogP) is 0.164. The van der Waals surface area contributed by atoms with Crippen molar-refractivity contribution >= 4 is 12.6 Å². The van der Waals surface area contributed by atoms with E-state index >= 15 is 0 Å². The van der Waals surface area contributed by atoms with Gasteiger partial charge in [0, 0.05) is 0 Å². The van der Waals surface area contributed by atoms with E-state index in [4.69, 9.17) is 9.47 Å². The lowest BCUT2D eigenvalue weighted by Crippen LogP contribution is -2.33. The van der Waals surface area contributed by atoms with Gasteiger partial charge in [0.05, 0.1) is 18.7 Å². The molecule has 0 spiro atoms. The summed E-state index contributed by atoms with van der Waals surface area (Å²) in [5.41, 5.74) is 0.279. The van der Waals surface area contributed by atoms with E-state index in [-0.39, 0.29) is 5.46 Å². The van der Waals surface area contributed by atoms with Crippen molar-refractivity contribution in [2.45, 2.75) is 13.8 Å². The molecule has 0 radical (unpaired) electrons. The maximum absolute atomic E-state index is 9.23. The van der Waals surface area contributed by atoms with Crippen LogP contribution in [-0.4, -0.2) is 30.4 Å². The van der Waals surface area contributed by atoms with Crippen molar-refractivity contribution in [1.29, 1.82) is 0 Å². The summed E-state index contributed by atoms with van der Waals surface area (Å²) in [6.07, 6.45) is 0. The van der Waals surface area contributed by atoms with E-state index < -0.39 is 7.12 Å². The Balaban J connectivity index is 3.09. The van der Waals surface area contributed by atoms with Crippen molar-refractivity contribution in [1.82, 2.24) is 0 Å². The highest BCUT2D eigenvalue weighted by atomic mass is 16.5. The summed E-state index contributed by atoms with van der Waals surface area (Å²) in [5.74, 6) is 0.886. The zero-order chi connectivity index (χ0) is 11.3. The van der Waals surface area contributed by atoms with E-state index in [9.17, 15) is 10.0 Å². The van der Waals surface area contributed by atoms with Gasteiger partial charge in [-0.1, -0.05) is 6.07 Å². The summed E-state index contributed by atoms with van der Waals surface area (Å²) < 4.78 is 10.6. The van der Waals surface area contributed by atoms with Crippen molar-refractivity contribution in [3.05, 3.63) is 18.2 Å². The van der Waals surface area contributed by atoms with Crippen LogP contribution in [0.5, 0.6) is 11.5 Å². The fourth-order valence-electron chi connectivity index (χ4n) is 1.34. The van der Waals surface area contributed by atoms with Crippen LogP contribution >= 0.6 is 0 Å². The lowest BCUT2D eigenvalue weighted by molar-refractivity contribution is 0.323. The van der Waals surface area contributed by atoms with Crippen LogP contribution in [0.15, 0.2) is 18.2 Å². The Morgan fingerprint density at radius 1 is 1.07 bits per heavy atom. The van der Waals surface area contributed by atoms with Crippen molar-refractivity contribution in [2.24, 2.45) is 0 Å². The molecule has 0 bridgehead atoms. The normalized spacial score (nSPS) is 9.87. The highest BCUT2D eigenvalue weighted by molar-refractivity contribution is 6.60. The Bertz CT molecular complexity index is 290. The molecule has 0 atom stereocenters. The molecule has 5 heteroatoms. The van der Waals surface area contributed by atoms with Gasteiger partial charge in [0.1, 0.15) is 11.5 Å². The second kappa shape index (κ2) is 5.63. The summed E-state index contributed by atoms with van der Waals surface area (Å²) in [7, 11) is -1.59. The first kappa shape index (κ1) is 11.9. The van der Waals surface area contributed by atoms with Gasteiger partial charge in [0.15, 0.2) is 0 Å². The van der Waals surface area contributed by atoms with Crippen LogP contribution in [0.4, 0.5) is 0 Å². The highest BCUT2D eigenvalue weighted by Crippen LogP contribution is 2.17. The monoisotopic (exact) mass is 210 g/mol. The van der Waals surface area contributed by atoms with Crippen LogP contribution in [0.3, 0.4) is 0 Å². The number of benzene rings is 1. The molecule has 0 aliphatic carbocycles. The smallest absolute Gasteiger partial charge is 0.494 e. The molecule has 2 N–H and O–H groups in total. The third-order valence-electron chi connectivity index (χ3n) is 1.88. The quantitative estimate of drug-likeness (QED) is 0.680. The number of hydrogen-bond acceptors (Lipinski definition) is 4. The molecule has 0 amide bonds. The Morgan fingerprint density at radius 2 is 1.53 bits per heavy atom. The second-order valence-electron chi connectivity index (χ2n) is 2.91. The molecule has 4 nitrogen and oxygen atoms in total. The Hall–Kier alpha value is -1.20. The molecule has 82 valence electrons. The van der Waals surface area contributed by atoms with Gasteiger partial charge < -0.3 is 19.5 Å². The molecule has 0 aliphatic heterocycles. The van der Waals surface area contributed by atoms with E-state index in [2.05, 4.69) is 0 Å². The van der Waals surface area contributed by atoms with Crippen molar-refractivity contribution < 1.29 is 19.5 Å². The molecular formula is C10H15BO4. The van der Waals surface area contributed by atoms with E-state index in [1.165, 1.54) is 0 Å². The Morgan fingerprint density at radius 3 is 1.87 bits per heavy atom. The lowest BCUT2D eigenvalue weighted by Gasteiger charge is -2.14. The first-order valence-electron chi connectivity index (χ1n) is 4.95. The number of ether oxygens (including phenoxy) is 2. The minimum Gasteiger partial charge on any atom is -0.494 e. The first-order valence-corrected chi connectivity index (χ1v) is 4.95. The minimum atomic E-state index is -1.59. The van der Waals surface area contributed by atoms with Crippen LogP contribution in [0.1, 0.15) is 13.8 Å². The van der Waals surface area contributed by atoms with Gasteiger partial charge in [-0.25, -0.2) is 0 Å². The van der Waals surface area contributed by atoms with Crippen molar-refractivity contribution in [2.75, 3.05) is 13.2 Å². The third-order valence-corrected chi connectivity index (χ3v) is 1.88. The molecule has 1 rings (SSSR count). The van der Waals surface area contributed by atoms with Crippen LogP contribution in [0, 0.1) is 0 Å². The predicted molar refractivity (Wildman–Crippen MR) is 58.6 cm³/mol. The van der Waals surface area contributed by atoms with Crippen LogP contribution in [-0.2, 0) is 0 Å². The number of hydrogen-bond donors (Lipinski definition) is 2. The topological polar surface area (TPSA) is 58.9 Å². The van der Waals surface area contributed by atoms with Gasteiger partial charge >= 0.3 is 7.12 Å². The zero-order valence-corrected chi connectivity index (χ0v) is 8.93. The van der Waals surface area contributed by atoms with E-state index in [1.807, 2.05) is 13.8 Å². The fourth-order valence-corrected chi connectivity index (χ4v) is 1.34. The van der Waals surface area contributed by atoms with Gasteiger partial charge in [0.2, 0.25) is 0 Å². The summed E-state index contributed by atoms with van der Waals surface area (Å²) in [6.45, 7) is 4.60. The standard InChI is InChI=1S/C10H15BO4/c1-3-14-8-6-5-7-9(15-4-2)10(8)11(12)13/h5-7,12-13H,3-4H2,1-2H3. The van der Waals surface area contributed by atoms with Gasteiger partial charge in [-0.3, -0.25) is 0 Å². The van der Waals surface area contributed by atoms with Gasteiger partial charge in [0.25, 0.3) is 0 Å². The molecule has 0 unspecified atom stereocenters. The average molecular weight is 210 g/mol. The summed E-state index contributed by atoms with van der Waals surface area (Å²) >= 11 is 0. The summed E-state index contributed by atoms with van der Waals surface area (Å²) in [4.78, 5) is 0. The maximum atomic E-state index is 9.23. The molecular weight excluding hydrogens is 195 g/mol. The summed E-state index contributed by atoms with van der Waals surface area (Å²) in [5, 5.41) is 18.5. The van der Waals surface area contributed by atoms with Crippen LogP contribution < -0.4 is 14.9 Å². The third kappa shape index (κ3) is 2.87. The molecule has 0 fully saturated rings. The van der Waals surface area contributed by atoms with E-state index in [1.54, 1.807) is 18.2 Å². The lowest BCUT2D eigenvalue weighted by atomic mass is 9.78. The average Bonchev–Trinajstić information content (AvgIpc) is 2.18. The highest BCUT2D eigenvalue weighted by Gasteiger charge is 2.22. The minimum absolute atomic E-state index is 0.279. The molecule has 0 aromatic heterocycles. The van der Waals surface area contributed by atoms with E-state index in [0.29, 0.717) is 24.7 Å². The fraction of sp³-hybridized carbons (Fsp3) is 0.400. The van der Waals surface area contributed by atoms with Gasteiger partial charge in [-0.2, -0.15) is 0 Å².